The van der Waals surface area contributed by atoms with Gasteiger partial charge in [0.1, 0.15) is 17.8 Å². The Balaban J connectivity index is 0.000000255. The van der Waals surface area contributed by atoms with E-state index in [-0.39, 0.29) is 11.6 Å². The van der Waals surface area contributed by atoms with Crippen molar-refractivity contribution in [1.82, 2.24) is 29.5 Å². The Labute approximate surface area is 388 Å². The number of fused-ring (bicyclic) bond motifs is 2. The molecule has 0 radical (unpaired) electrons. The van der Waals surface area contributed by atoms with E-state index >= 15 is 0 Å². The molecule has 6 aromatic rings. The molecule has 4 aromatic heterocycles. The minimum Gasteiger partial charge on any atom is -0.493 e. The number of ketones is 2. The van der Waals surface area contributed by atoms with E-state index in [4.69, 9.17) is 48.1 Å². The van der Waals surface area contributed by atoms with Crippen LogP contribution in [0.5, 0.6) is 34.5 Å². The number of carbonyl (C=O) groups excluding carboxylic acids is 2. The molecule has 0 bridgehead atoms. The number of benzene rings is 2. The first-order valence-corrected chi connectivity index (χ1v) is 25.2. The molecule has 0 aliphatic rings. The van der Waals surface area contributed by atoms with Gasteiger partial charge in [0.05, 0.1) is 77.6 Å². The minimum atomic E-state index is -1.22. The highest BCUT2D eigenvalue weighted by Crippen LogP contribution is 2.43. The molecule has 0 fully saturated rings. The number of ether oxygens (including phenoxy) is 7. The third kappa shape index (κ3) is 11.1. The Morgan fingerprint density at radius 2 is 1.14 bits per heavy atom. The predicted octanol–water partition coefficient (Wildman–Crippen LogP) is 10.7. The van der Waals surface area contributed by atoms with Gasteiger partial charge in [0.25, 0.3) is 0 Å². The molecular weight excluding hydrogens is 857 g/mol. The second kappa shape index (κ2) is 21.2. The number of allylic oxidation sites excluding steroid dienone is 2. The van der Waals surface area contributed by atoms with E-state index in [1.807, 2.05) is 50.6 Å². The highest BCUT2D eigenvalue weighted by Gasteiger charge is 2.32. The summed E-state index contributed by atoms with van der Waals surface area (Å²) < 4.78 is 40.5. The number of rotatable bonds is 21. The summed E-state index contributed by atoms with van der Waals surface area (Å²) in [5, 5.41) is 0. The van der Waals surface area contributed by atoms with Crippen molar-refractivity contribution in [1.29, 1.82) is 0 Å². The van der Waals surface area contributed by atoms with Crippen LogP contribution in [0.1, 0.15) is 61.3 Å². The van der Waals surface area contributed by atoms with Crippen molar-refractivity contribution in [2.75, 3.05) is 49.3 Å². The SMILES string of the molecule is C=CCC(C)(C)C(=O)c1c[nH]c2ncc(-c3cc(OC)c(OC)c(OC)c3)nc12.C=CCC(C)(C)C(=O)c1cn(COCC[Si](C)(C)C)c2ncc(-c3cc(OC)c(OC)c(OC)c3)nc12. The topological polar surface area (TPSA) is 171 Å². The largest absolute Gasteiger partial charge is 0.493 e. The van der Waals surface area contributed by atoms with Gasteiger partial charge in [0, 0.05) is 49.0 Å². The maximum atomic E-state index is 13.7. The van der Waals surface area contributed by atoms with Crippen molar-refractivity contribution in [2.24, 2.45) is 10.8 Å². The molecule has 15 nitrogen and oxygen atoms in total. The predicted molar refractivity (Wildman–Crippen MR) is 262 cm³/mol. The Morgan fingerprint density at radius 3 is 1.58 bits per heavy atom. The number of H-pyrrole nitrogens is 1. The summed E-state index contributed by atoms with van der Waals surface area (Å²) in [4.78, 5) is 48.5. The average molecular weight is 921 g/mol. The lowest BCUT2D eigenvalue weighted by Gasteiger charge is -2.20. The molecular formula is C50H64N6O9Si. The van der Waals surface area contributed by atoms with E-state index in [0.717, 1.165) is 17.2 Å². The van der Waals surface area contributed by atoms with Crippen LogP contribution in [0.2, 0.25) is 25.7 Å². The molecule has 1 N–H and O–H groups in total. The van der Waals surface area contributed by atoms with Gasteiger partial charge in [0.15, 0.2) is 45.9 Å². The first kappa shape index (κ1) is 50.5. The summed E-state index contributed by atoms with van der Waals surface area (Å²) in [6, 6.07) is 8.29. The Bertz CT molecular complexity index is 2660. The van der Waals surface area contributed by atoms with Crippen molar-refractivity contribution >= 4 is 42.0 Å². The van der Waals surface area contributed by atoms with Crippen molar-refractivity contribution in [3.8, 4) is 57.0 Å². The number of nitrogens with one attached hydrogen (secondary N) is 1. The highest BCUT2D eigenvalue weighted by atomic mass is 28.3. The normalized spacial score (nSPS) is 11.7. The van der Waals surface area contributed by atoms with Gasteiger partial charge in [-0.3, -0.25) is 9.59 Å². The lowest BCUT2D eigenvalue weighted by Crippen LogP contribution is -2.23. The number of hydrogen-bond acceptors (Lipinski definition) is 13. The summed E-state index contributed by atoms with van der Waals surface area (Å²) in [5.41, 5.74) is 4.65. The Kier molecular flexibility index (Phi) is 16.2. The standard InChI is InChI=1S/C28H39N3O5Si.C22H25N3O4/c1-10-11-28(2,3)26(32)20-17-31(18-36-12-13-37(7,8)9)27-24(20)30-21(16-29-27)19-14-22(33-4)25(35-6)23(15-19)34-5;1-7-8-22(2,3)20(26)14-11-23-21-18(14)25-15(12-24-21)13-9-16(27-4)19(29-6)17(10-13)28-5/h10,14-17H,1,11-13,18H2,2-9H3;7,9-12H,1,8H2,2-6H3,(H,23,24). The van der Waals surface area contributed by atoms with Crippen LogP contribution in [0.4, 0.5) is 0 Å². The summed E-state index contributed by atoms with van der Waals surface area (Å²) in [6.45, 7) is 23.1. The number of Topliss-reactive ketones (excluding diaryl/α,β-unsaturated/α-hetero) is 2. The van der Waals surface area contributed by atoms with Crippen molar-refractivity contribution in [2.45, 2.75) is 73.0 Å². The van der Waals surface area contributed by atoms with Crippen LogP contribution in [-0.2, 0) is 11.5 Å². The van der Waals surface area contributed by atoms with Crippen LogP contribution in [-0.4, -0.2) is 98.4 Å². The van der Waals surface area contributed by atoms with Gasteiger partial charge in [-0.25, -0.2) is 19.9 Å². The van der Waals surface area contributed by atoms with Crippen LogP contribution in [0.15, 0.2) is 74.4 Å². The second-order valence-corrected chi connectivity index (χ2v) is 23.8. The lowest BCUT2D eigenvalue weighted by atomic mass is 9.82. The van der Waals surface area contributed by atoms with Gasteiger partial charge in [-0.2, -0.15) is 0 Å². The number of carbonyl (C=O) groups is 2. The van der Waals surface area contributed by atoms with E-state index in [9.17, 15) is 9.59 Å². The fourth-order valence-corrected chi connectivity index (χ4v) is 8.05. The smallest absolute Gasteiger partial charge is 0.203 e. The maximum absolute atomic E-state index is 13.7. The summed E-state index contributed by atoms with van der Waals surface area (Å²) in [6.07, 6.45) is 11.4. The fraction of sp³-hybridized carbons (Fsp3) is 0.400. The summed E-state index contributed by atoms with van der Waals surface area (Å²) in [7, 11) is 8.13. The molecule has 6 rings (SSSR count). The first-order valence-electron chi connectivity index (χ1n) is 21.5. The highest BCUT2D eigenvalue weighted by molar-refractivity contribution is 6.76. The van der Waals surface area contributed by atoms with Gasteiger partial charge in [0.2, 0.25) is 11.5 Å². The van der Waals surface area contributed by atoms with Crippen LogP contribution in [0.3, 0.4) is 0 Å². The van der Waals surface area contributed by atoms with Crippen molar-refractivity contribution < 1.29 is 42.7 Å². The average Bonchev–Trinajstić information content (AvgIpc) is 3.89. The maximum Gasteiger partial charge on any atom is 0.203 e. The molecule has 0 atom stereocenters. The summed E-state index contributed by atoms with van der Waals surface area (Å²) >= 11 is 0. The first-order chi connectivity index (χ1) is 31.3. The van der Waals surface area contributed by atoms with Crippen LogP contribution in [0, 0.1) is 10.8 Å². The molecule has 2 aromatic carbocycles. The molecule has 4 heterocycles. The van der Waals surface area contributed by atoms with E-state index in [1.54, 1.807) is 85.5 Å². The van der Waals surface area contributed by atoms with Crippen LogP contribution < -0.4 is 28.4 Å². The molecule has 0 amide bonds. The van der Waals surface area contributed by atoms with Gasteiger partial charge < -0.3 is 42.7 Å². The third-order valence-corrected chi connectivity index (χ3v) is 12.8. The number of methoxy groups -OCH3 is 6. The van der Waals surface area contributed by atoms with E-state index in [0.29, 0.717) is 106 Å². The molecule has 0 aliphatic carbocycles. The number of aromatic nitrogens is 6. The molecule has 0 spiro atoms. The number of nitrogens with zero attached hydrogens (tertiary/aromatic N) is 5. The Hall–Kier alpha value is -6.52. The summed E-state index contributed by atoms with van der Waals surface area (Å²) in [5.74, 6) is 3.01. The molecule has 0 saturated carbocycles. The van der Waals surface area contributed by atoms with Crippen molar-refractivity contribution in [3.63, 3.8) is 0 Å². The van der Waals surface area contributed by atoms with Crippen LogP contribution >= 0.6 is 0 Å². The van der Waals surface area contributed by atoms with Gasteiger partial charge in [-0.05, 0) is 43.2 Å². The molecule has 352 valence electrons. The molecule has 0 aliphatic heterocycles. The zero-order valence-electron chi connectivity index (χ0n) is 40.6. The fourth-order valence-electron chi connectivity index (χ4n) is 7.29. The van der Waals surface area contributed by atoms with Gasteiger partial charge >= 0.3 is 0 Å². The Morgan fingerprint density at radius 1 is 0.682 bits per heavy atom. The van der Waals surface area contributed by atoms with Gasteiger partial charge in [-0.1, -0.05) is 59.5 Å². The minimum absolute atomic E-state index is 0.0139. The monoisotopic (exact) mass is 920 g/mol. The zero-order valence-corrected chi connectivity index (χ0v) is 41.6. The molecule has 66 heavy (non-hydrogen) atoms. The quantitative estimate of drug-likeness (QED) is 0.0313. The van der Waals surface area contributed by atoms with E-state index < -0.39 is 18.9 Å². The second-order valence-electron chi connectivity index (χ2n) is 18.2. The molecule has 0 saturated heterocycles. The molecule has 0 unspecified atom stereocenters. The number of aromatic amines is 1. The zero-order chi connectivity index (χ0) is 48.6. The van der Waals surface area contributed by atoms with Gasteiger partial charge in [-0.15, -0.1) is 13.2 Å². The number of hydrogen-bond donors (Lipinski definition) is 1. The van der Waals surface area contributed by atoms with Crippen molar-refractivity contribution in [3.05, 3.63) is 85.5 Å². The molecule has 16 heteroatoms. The third-order valence-electron chi connectivity index (χ3n) is 11.1. The van der Waals surface area contributed by atoms with E-state index in [1.165, 1.54) is 0 Å². The lowest BCUT2D eigenvalue weighted by molar-refractivity contribution is 0.0831. The van der Waals surface area contributed by atoms with E-state index in [2.05, 4.69) is 42.8 Å². The van der Waals surface area contributed by atoms with Crippen LogP contribution in [0.25, 0.3) is 44.8 Å².